The van der Waals surface area contributed by atoms with Gasteiger partial charge in [0.15, 0.2) is 5.11 Å². The molecule has 2 saturated heterocycles. The molecule has 0 radical (unpaired) electrons. The number of piperidine rings is 1. The lowest BCUT2D eigenvalue weighted by Crippen LogP contribution is -2.45. The Labute approximate surface area is 200 Å². The van der Waals surface area contributed by atoms with E-state index in [0.717, 1.165) is 43.7 Å². The van der Waals surface area contributed by atoms with Crippen LogP contribution in [-0.2, 0) is 10.2 Å². The molecule has 1 aromatic carbocycles. The van der Waals surface area contributed by atoms with E-state index in [1.807, 2.05) is 18.2 Å². The molecule has 2 aliphatic rings. The second kappa shape index (κ2) is 10.6. The molecule has 33 heavy (non-hydrogen) atoms. The maximum Gasteiger partial charge on any atom is 0.234 e. The van der Waals surface area contributed by atoms with E-state index in [2.05, 4.69) is 27.4 Å². The first kappa shape index (κ1) is 23.6. The Kier molecular flexibility index (Phi) is 7.60. The lowest BCUT2D eigenvalue weighted by Gasteiger charge is -2.38. The topological polar surface area (TPSA) is 71.5 Å². The van der Waals surface area contributed by atoms with Gasteiger partial charge in [-0.05, 0) is 61.5 Å². The van der Waals surface area contributed by atoms with Gasteiger partial charge in [-0.25, -0.2) is 4.39 Å². The highest BCUT2D eigenvalue weighted by Gasteiger charge is 2.34. The third-order valence-corrected chi connectivity index (χ3v) is 6.84. The zero-order valence-corrected chi connectivity index (χ0v) is 20.1. The normalized spacial score (nSPS) is 20.2. The van der Waals surface area contributed by atoms with Gasteiger partial charge in [-0.1, -0.05) is 19.1 Å². The van der Waals surface area contributed by atoms with Crippen molar-refractivity contribution >= 4 is 29.1 Å². The minimum atomic E-state index is -0.236. The van der Waals surface area contributed by atoms with E-state index in [9.17, 15) is 4.39 Å². The maximum absolute atomic E-state index is 13.5. The molecule has 4 rings (SSSR count). The number of rotatable bonds is 6. The van der Waals surface area contributed by atoms with Crippen LogP contribution in [0, 0.1) is 11.7 Å². The molecule has 0 bridgehead atoms. The van der Waals surface area contributed by atoms with Gasteiger partial charge < -0.3 is 25.0 Å². The summed E-state index contributed by atoms with van der Waals surface area (Å²) in [5.41, 5.74) is 0.906. The van der Waals surface area contributed by atoms with Gasteiger partial charge in [0.2, 0.25) is 11.8 Å². The van der Waals surface area contributed by atoms with E-state index in [4.69, 9.17) is 26.7 Å². The number of hydrogen-bond acceptors (Lipinski definition) is 6. The van der Waals surface area contributed by atoms with Crippen LogP contribution >= 0.6 is 12.2 Å². The number of thiocarbonyl (C=S) groups is 1. The molecule has 3 heterocycles. The fourth-order valence-corrected chi connectivity index (χ4v) is 4.82. The minimum Gasteiger partial charge on any atom is -0.481 e. The van der Waals surface area contributed by atoms with Gasteiger partial charge in [0.25, 0.3) is 0 Å². The number of halogens is 1. The second-order valence-corrected chi connectivity index (χ2v) is 9.40. The number of benzene rings is 1. The van der Waals surface area contributed by atoms with Crippen molar-refractivity contribution in [3.8, 4) is 5.88 Å². The summed E-state index contributed by atoms with van der Waals surface area (Å²) in [5.74, 6) is 2.13. The molecule has 0 aliphatic carbocycles. The van der Waals surface area contributed by atoms with Gasteiger partial charge in [-0.3, -0.25) is 0 Å². The van der Waals surface area contributed by atoms with E-state index >= 15 is 0 Å². The minimum absolute atomic E-state index is 0.179. The molecule has 2 aromatic rings. The van der Waals surface area contributed by atoms with Crippen molar-refractivity contribution in [3.63, 3.8) is 0 Å². The summed E-state index contributed by atoms with van der Waals surface area (Å²) < 4.78 is 24.5. The van der Waals surface area contributed by atoms with E-state index in [0.29, 0.717) is 42.6 Å². The molecule has 1 atom stereocenters. The van der Waals surface area contributed by atoms with Crippen molar-refractivity contribution < 1.29 is 13.9 Å². The first-order valence-electron chi connectivity index (χ1n) is 11.5. The average Bonchev–Trinajstić information content (AvgIpc) is 2.83. The smallest absolute Gasteiger partial charge is 0.234 e. The van der Waals surface area contributed by atoms with Crippen LogP contribution in [0.3, 0.4) is 0 Å². The standard InChI is InChI=1S/C24H32FN5O2S/c1-17-4-3-11-30(15-17)20-14-21(31-2)28-22(27-20)29-23(33)26-16-24(9-12-32-13-10-24)18-5-7-19(25)8-6-18/h5-8,14,17H,3-4,9-13,15-16H2,1-2H3,(H2,26,27,28,29,33)/t17-/m0/s1. The van der Waals surface area contributed by atoms with Crippen LogP contribution in [0.25, 0.3) is 0 Å². The molecule has 2 fully saturated rings. The van der Waals surface area contributed by atoms with Crippen molar-refractivity contribution in [2.75, 3.05) is 50.2 Å². The van der Waals surface area contributed by atoms with Gasteiger partial charge >= 0.3 is 0 Å². The molecule has 0 unspecified atom stereocenters. The molecule has 9 heteroatoms. The lowest BCUT2D eigenvalue weighted by molar-refractivity contribution is 0.0515. The molecule has 178 valence electrons. The molecule has 2 aliphatic heterocycles. The second-order valence-electron chi connectivity index (χ2n) is 8.99. The molecule has 7 nitrogen and oxygen atoms in total. The largest absolute Gasteiger partial charge is 0.481 e. The molecule has 2 N–H and O–H groups in total. The van der Waals surface area contributed by atoms with Gasteiger partial charge in [-0.2, -0.15) is 9.97 Å². The quantitative estimate of drug-likeness (QED) is 0.613. The number of hydrogen-bond donors (Lipinski definition) is 2. The van der Waals surface area contributed by atoms with Gasteiger partial charge in [-0.15, -0.1) is 0 Å². The van der Waals surface area contributed by atoms with Crippen LogP contribution in [0.5, 0.6) is 5.88 Å². The molecule has 0 saturated carbocycles. The highest BCUT2D eigenvalue weighted by molar-refractivity contribution is 7.80. The fraction of sp³-hybridized carbons (Fsp3) is 0.542. The SMILES string of the molecule is COc1cc(N2CCC[C@H](C)C2)nc(NC(=S)NCC2(c3ccc(F)cc3)CCOCC2)n1. The highest BCUT2D eigenvalue weighted by atomic mass is 32.1. The van der Waals surface area contributed by atoms with Gasteiger partial charge in [0.05, 0.1) is 7.11 Å². The molecule has 0 spiro atoms. The Hall–Kier alpha value is -2.52. The van der Waals surface area contributed by atoms with E-state index < -0.39 is 0 Å². The van der Waals surface area contributed by atoms with Crippen LogP contribution in [0.1, 0.15) is 38.2 Å². The van der Waals surface area contributed by atoms with Crippen molar-refractivity contribution in [2.24, 2.45) is 5.92 Å². The maximum atomic E-state index is 13.5. The average molecular weight is 474 g/mol. The van der Waals surface area contributed by atoms with Crippen LogP contribution in [-0.4, -0.2) is 55.0 Å². The van der Waals surface area contributed by atoms with E-state index in [1.54, 1.807) is 7.11 Å². The Morgan fingerprint density at radius 1 is 1.27 bits per heavy atom. The molecule has 1 aromatic heterocycles. The number of nitrogens with one attached hydrogen (secondary N) is 2. The van der Waals surface area contributed by atoms with Crippen LogP contribution in [0.4, 0.5) is 16.2 Å². The summed E-state index contributed by atoms with van der Waals surface area (Å²) in [6.07, 6.45) is 4.05. The van der Waals surface area contributed by atoms with Gasteiger partial charge in [0.1, 0.15) is 11.6 Å². The van der Waals surface area contributed by atoms with Crippen molar-refractivity contribution in [3.05, 3.63) is 41.7 Å². The summed E-state index contributed by atoms with van der Waals surface area (Å²) in [6, 6.07) is 8.60. The number of nitrogens with zero attached hydrogens (tertiary/aromatic N) is 3. The van der Waals surface area contributed by atoms with Crippen LogP contribution in [0.15, 0.2) is 30.3 Å². The zero-order valence-electron chi connectivity index (χ0n) is 19.3. The van der Waals surface area contributed by atoms with Crippen LogP contribution in [0.2, 0.25) is 0 Å². The first-order chi connectivity index (χ1) is 16.0. The van der Waals surface area contributed by atoms with Crippen molar-refractivity contribution in [1.82, 2.24) is 15.3 Å². The third kappa shape index (κ3) is 5.89. The number of methoxy groups -OCH3 is 1. The Morgan fingerprint density at radius 3 is 2.73 bits per heavy atom. The summed E-state index contributed by atoms with van der Waals surface area (Å²) in [4.78, 5) is 11.4. The van der Waals surface area contributed by atoms with E-state index in [-0.39, 0.29) is 11.2 Å². The monoisotopic (exact) mass is 473 g/mol. The summed E-state index contributed by atoms with van der Waals surface area (Å²) in [6.45, 7) is 6.12. The number of anilines is 2. The summed E-state index contributed by atoms with van der Waals surface area (Å²) >= 11 is 5.57. The van der Waals surface area contributed by atoms with E-state index in [1.165, 1.54) is 18.6 Å². The van der Waals surface area contributed by atoms with Gasteiger partial charge in [0, 0.05) is 44.3 Å². The zero-order chi connectivity index (χ0) is 23.3. The Balaban J connectivity index is 1.45. The summed E-state index contributed by atoms with van der Waals surface area (Å²) in [7, 11) is 1.60. The highest BCUT2D eigenvalue weighted by Crippen LogP contribution is 2.34. The molecular weight excluding hydrogens is 441 g/mol. The predicted octanol–water partition coefficient (Wildman–Crippen LogP) is 3.90. The van der Waals surface area contributed by atoms with Crippen molar-refractivity contribution in [1.29, 1.82) is 0 Å². The fourth-order valence-electron chi connectivity index (χ4n) is 4.66. The first-order valence-corrected chi connectivity index (χ1v) is 11.9. The number of ether oxygens (including phenoxy) is 2. The Bertz CT molecular complexity index is 952. The predicted molar refractivity (Wildman–Crippen MR) is 132 cm³/mol. The Morgan fingerprint density at radius 2 is 2.03 bits per heavy atom. The lowest BCUT2D eigenvalue weighted by atomic mass is 9.74. The molecule has 0 amide bonds. The van der Waals surface area contributed by atoms with Crippen molar-refractivity contribution in [2.45, 2.75) is 38.0 Å². The number of aromatic nitrogens is 2. The molecular formula is C24H32FN5O2S. The summed E-state index contributed by atoms with van der Waals surface area (Å²) in [5, 5.41) is 6.90. The third-order valence-electron chi connectivity index (χ3n) is 6.60. The van der Waals surface area contributed by atoms with Crippen LogP contribution < -0.4 is 20.3 Å².